The van der Waals surface area contributed by atoms with E-state index in [1.807, 2.05) is 32.9 Å². The molecule has 1 N–H and O–H groups in total. The number of hydrogen-bond donors (Lipinski definition) is 1. The van der Waals surface area contributed by atoms with Crippen molar-refractivity contribution < 1.29 is 27.8 Å². The Balaban J connectivity index is 1.66. The molecule has 0 unspecified atom stereocenters. The second-order valence-corrected chi connectivity index (χ2v) is 9.60. The first-order valence-corrected chi connectivity index (χ1v) is 11.6. The summed E-state index contributed by atoms with van der Waals surface area (Å²) in [4.78, 5) is 13.1. The molecule has 9 heteroatoms. The lowest BCUT2D eigenvalue weighted by Gasteiger charge is -2.35. The Hall–Kier alpha value is -2.78. The standard InChI is InChI=1S/C22H28N2O6S/c1-16(2)30-19-6-8-20(9-7-19)31(27,28)24-12-10-23(11-13-24)18-5-4-17(3)21(14-18)29-15-22(25)26/h4-9,14,16H,10-13,15H2,1-3H3,(H,25,26). The maximum Gasteiger partial charge on any atom is 0.341 e. The minimum absolute atomic E-state index is 0.0207. The van der Waals surface area contributed by atoms with Crippen molar-refractivity contribution in [1.29, 1.82) is 0 Å². The second-order valence-electron chi connectivity index (χ2n) is 7.66. The summed E-state index contributed by atoms with van der Waals surface area (Å²) in [6.45, 7) is 7.03. The van der Waals surface area contributed by atoms with Crippen LogP contribution in [0.15, 0.2) is 47.4 Å². The number of benzene rings is 2. The fourth-order valence-electron chi connectivity index (χ4n) is 3.38. The van der Waals surface area contributed by atoms with Gasteiger partial charge in [-0.3, -0.25) is 0 Å². The molecule has 1 saturated heterocycles. The Morgan fingerprint density at radius 1 is 1.06 bits per heavy atom. The van der Waals surface area contributed by atoms with Crippen molar-refractivity contribution in [3.8, 4) is 11.5 Å². The zero-order valence-electron chi connectivity index (χ0n) is 17.9. The number of aliphatic carboxylic acids is 1. The zero-order valence-corrected chi connectivity index (χ0v) is 18.8. The van der Waals surface area contributed by atoms with E-state index in [-0.39, 0.29) is 11.0 Å². The van der Waals surface area contributed by atoms with Crippen LogP contribution in [0.5, 0.6) is 11.5 Å². The Kier molecular flexibility index (Phi) is 7.07. The van der Waals surface area contributed by atoms with Gasteiger partial charge in [0, 0.05) is 37.9 Å². The van der Waals surface area contributed by atoms with Crippen LogP contribution in [0, 0.1) is 6.92 Å². The molecule has 0 saturated carbocycles. The zero-order chi connectivity index (χ0) is 22.6. The van der Waals surface area contributed by atoms with Crippen LogP contribution in [0.1, 0.15) is 19.4 Å². The summed E-state index contributed by atoms with van der Waals surface area (Å²) in [5.74, 6) is 0.116. The highest BCUT2D eigenvalue weighted by Gasteiger charge is 2.28. The smallest absolute Gasteiger partial charge is 0.341 e. The molecule has 31 heavy (non-hydrogen) atoms. The topological polar surface area (TPSA) is 96.4 Å². The van der Waals surface area contributed by atoms with Gasteiger partial charge in [0.25, 0.3) is 0 Å². The van der Waals surface area contributed by atoms with Gasteiger partial charge in [-0.15, -0.1) is 0 Å². The fraction of sp³-hybridized carbons (Fsp3) is 0.409. The number of anilines is 1. The van der Waals surface area contributed by atoms with Crippen LogP contribution in [0.25, 0.3) is 0 Å². The van der Waals surface area contributed by atoms with Gasteiger partial charge in [-0.25, -0.2) is 13.2 Å². The number of sulfonamides is 1. The molecule has 1 fully saturated rings. The first-order chi connectivity index (χ1) is 14.7. The van der Waals surface area contributed by atoms with Crippen LogP contribution in [-0.2, 0) is 14.8 Å². The van der Waals surface area contributed by atoms with Crippen molar-refractivity contribution in [3.63, 3.8) is 0 Å². The van der Waals surface area contributed by atoms with Gasteiger partial charge < -0.3 is 19.5 Å². The number of carboxylic acid groups (broad SMARTS) is 1. The highest BCUT2D eigenvalue weighted by atomic mass is 32.2. The van der Waals surface area contributed by atoms with Crippen LogP contribution in [0.4, 0.5) is 5.69 Å². The van der Waals surface area contributed by atoms with Crippen LogP contribution >= 0.6 is 0 Å². The normalized spacial score (nSPS) is 15.2. The Bertz CT molecular complexity index is 1010. The number of ether oxygens (including phenoxy) is 2. The molecule has 0 atom stereocenters. The van der Waals surface area contributed by atoms with Gasteiger partial charge in [-0.05, 0) is 56.7 Å². The van der Waals surface area contributed by atoms with Crippen LogP contribution < -0.4 is 14.4 Å². The first kappa shape index (κ1) is 22.9. The summed E-state index contributed by atoms with van der Waals surface area (Å²) in [5.41, 5.74) is 1.72. The SMILES string of the molecule is Cc1ccc(N2CCN(S(=O)(=O)c3ccc(OC(C)C)cc3)CC2)cc1OCC(=O)O. The molecule has 2 aromatic carbocycles. The third kappa shape index (κ3) is 5.68. The van der Waals surface area contributed by atoms with Crippen molar-refractivity contribution >= 4 is 21.7 Å². The van der Waals surface area contributed by atoms with Crippen molar-refractivity contribution in [1.82, 2.24) is 4.31 Å². The molecule has 0 spiro atoms. The molecular weight excluding hydrogens is 420 g/mol. The molecule has 0 aliphatic carbocycles. The average molecular weight is 449 g/mol. The molecule has 0 aromatic heterocycles. The molecule has 3 rings (SSSR count). The predicted octanol–water partition coefficient (Wildman–Crippen LogP) is 2.76. The molecule has 1 heterocycles. The van der Waals surface area contributed by atoms with Gasteiger partial charge in [0.2, 0.25) is 10.0 Å². The summed E-state index contributed by atoms with van der Waals surface area (Å²) < 4.78 is 38.4. The predicted molar refractivity (Wildman–Crippen MR) is 117 cm³/mol. The van der Waals surface area contributed by atoms with Gasteiger partial charge in [-0.1, -0.05) is 6.07 Å². The van der Waals surface area contributed by atoms with E-state index in [4.69, 9.17) is 14.6 Å². The minimum Gasteiger partial charge on any atom is -0.491 e. The number of aryl methyl sites for hydroxylation is 1. The lowest BCUT2D eigenvalue weighted by Crippen LogP contribution is -2.48. The maximum atomic E-state index is 13.0. The highest BCUT2D eigenvalue weighted by molar-refractivity contribution is 7.89. The van der Waals surface area contributed by atoms with E-state index >= 15 is 0 Å². The summed E-state index contributed by atoms with van der Waals surface area (Å²) in [6.07, 6.45) is 0.0207. The molecule has 2 aromatic rings. The van der Waals surface area contributed by atoms with Crippen LogP contribution in [0.2, 0.25) is 0 Å². The number of nitrogens with zero attached hydrogens (tertiary/aromatic N) is 2. The third-order valence-electron chi connectivity index (χ3n) is 4.96. The van der Waals surface area contributed by atoms with Crippen molar-refractivity contribution in [2.75, 3.05) is 37.7 Å². The number of carbonyl (C=O) groups is 1. The Morgan fingerprint density at radius 3 is 2.29 bits per heavy atom. The first-order valence-electron chi connectivity index (χ1n) is 10.1. The molecule has 0 bridgehead atoms. The van der Waals surface area contributed by atoms with Crippen molar-refractivity contribution in [2.45, 2.75) is 31.8 Å². The Morgan fingerprint density at radius 2 is 1.71 bits per heavy atom. The monoisotopic (exact) mass is 448 g/mol. The number of carboxylic acids is 1. The van der Waals surface area contributed by atoms with Gasteiger partial charge in [0.05, 0.1) is 11.0 Å². The quantitative estimate of drug-likeness (QED) is 0.663. The molecule has 168 valence electrons. The van der Waals surface area contributed by atoms with Gasteiger partial charge in [0.1, 0.15) is 11.5 Å². The van der Waals surface area contributed by atoms with E-state index < -0.39 is 22.6 Å². The molecular formula is C22H28N2O6S. The largest absolute Gasteiger partial charge is 0.491 e. The number of piperazine rings is 1. The summed E-state index contributed by atoms with van der Waals surface area (Å²) in [5, 5.41) is 8.83. The summed E-state index contributed by atoms with van der Waals surface area (Å²) in [6, 6.07) is 12.1. The Labute approximate surface area is 183 Å². The molecule has 0 amide bonds. The van der Waals surface area contributed by atoms with Crippen LogP contribution in [0.3, 0.4) is 0 Å². The van der Waals surface area contributed by atoms with E-state index in [9.17, 15) is 13.2 Å². The maximum absolute atomic E-state index is 13.0. The van der Waals surface area contributed by atoms with Crippen molar-refractivity contribution in [2.24, 2.45) is 0 Å². The van der Waals surface area contributed by atoms with E-state index in [2.05, 4.69) is 4.90 Å². The lowest BCUT2D eigenvalue weighted by molar-refractivity contribution is -0.139. The lowest BCUT2D eigenvalue weighted by atomic mass is 10.2. The highest BCUT2D eigenvalue weighted by Crippen LogP contribution is 2.27. The van der Waals surface area contributed by atoms with E-state index in [1.165, 1.54) is 4.31 Å². The molecule has 1 aliphatic rings. The van der Waals surface area contributed by atoms with Gasteiger partial charge in [-0.2, -0.15) is 4.31 Å². The van der Waals surface area contributed by atoms with E-state index in [0.717, 1.165) is 11.3 Å². The summed E-state index contributed by atoms with van der Waals surface area (Å²) in [7, 11) is -3.58. The fourth-order valence-corrected chi connectivity index (χ4v) is 4.80. The van der Waals surface area contributed by atoms with Gasteiger partial charge >= 0.3 is 5.97 Å². The third-order valence-corrected chi connectivity index (χ3v) is 6.87. The van der Waals surface area contributed by atoms with Crippen molar-refractivity contribution in [3.05, 3.63) is 48.0 Å². The number of hydrogen-bond acceptors (Lipinski definition) is 6. The molecule has 0 radical (unpaired) electrons. The van der Waals surface area contributed by atoms with Crippen LogP contribution in [-0.4, -0.2) is 62.7 Å². The second kappa shape index (κ2) is 9.57. The molecule has 8 nitrogen and oxygen atoms in total. The average Bonchev–Trinajstić information content (AvgIpc) is 2.73. The number of rotatable bonds is 8. The van der Waals surface area contributed by atoms with E-state index in [0.29, 0.717) is 37.7 Å². The molecule has 1 aliphatic heterocycles. The van der Waals surface area contributed by atoms with Gasteiger partial charge in [0.15, 0.2) is 6.61 Å². The minimum atomic E-state index is -3.58. The van der Waals surface area contributed by atoms with E-state index in [1.54, 1.807) is 30.3 Å². The summed E-state index contributed by atoms with van der Waals surface area (Å²) >= 11 is 0.